The predicted molar refractivity (Wildman–Crippen MR) is 55.3 cm³/mol. The summed E-state index contributed by atoms with van der Waals surface area (Å²) in [5.74, 6) is -0.397. The van der Waals surface area contributed by atoms with Crippen LogP contribution < -0.4 is 0 Å². The molecule has 2 nitrogen and oxygen atoms in total. The summed E-state index contributed by atoms with van der Waals surface area (Å²) >= 11 is 5.89. The Morgan fingerprint density at radius 1 is 1.53 bits per heavy atom. The van der Waals surface area contributed by atoms with Gasteiger partial charge in [0.2, 0.25) is 0 Å². The summed E-state index contributed by atoms with van der Waals surface area (Å²) in [7, 11) is 0. The molecule has 1 saturated heterocycles. The molecule has 2 rings (SSSR count). The summed E-state index contributed by atoms with van der Waals surface area (Å²) in [5, 5.41) is 10.3. The van der Waals surface area contributed by atoms with Gasteiger partial charge in [0.15, 0.2) is 0 Å². The first-order chi connectivity index (χ1) is 7.18. The van der Waals surface area contributed by atoms with Crippen LogP contribution in [0.5, 0.6) is 0 Å². The summed E-state index contributed by atoms with van der Waals surface area (Å²) < 4.78 is 18.3. The van der Waals surface area contributed by atoms with Crippen LogP contribution in [0, 0.1) is 5.82 Å². The van der Waals surface area contributed by atoms with Gasteiger partial charge in [-0.25, -0.2) is 4.39 Å². The Bertz CT molecular complexity index is 350. The molecule has 0 radical (unpaired) electrons. The highest BCUT2D eigenvalue weighted by molar-refractivity contribution is 6.31. The summed E-state index contributed by atoms with van der Waals surface area (Å²) in [6.07, 6.45) is 0.614. The van der Waals surface area contributed by atoms with Gasteiger partial charge in [-0.15, -0.1) is 0 Å². The van der Waals surface area contributed by atoms with E-state index in [2.05, 4.69) is 0 Å². The van der Waals surface area contributed by atoms with E-state index in [1.54, 1.807) is 0 Å². The summed E-state index contributed by atoms with van der Waals surface area (Å²) in [6.45, 7) is 0.647. The van der Waals surface area contributed by atoms with Crippen LogP contribution in [0.3, 0.4) is 0 Å². The number of hydrogen-bond acceptors (Lipinski definition) is 2. The van der Waals surface area contributed by atoms with Crippen LogP contribution in [0.15, 0.2) is 18.2 Å². The molecule has 0 spiro atoms. The summed E-state index contributed by atoms with van der Waals surface area (Å²) in [4.78, 5) is 0. The van der Waals surface area contributed by atoms with Crippen LogP contribution in [-0.4, -0.2) is 17.8 Å². The Kier molecular flexibility index (Phi) is 3.24. The Morgan fingerprint density at radius 2 is 2.33 bits per heavy atom. The molecular formula is C11H12ClFO2. The zero-order chi connectivity index (χ0) is 10.8. The van der Waals surface area contributed by atoms with Crippen molar-refractivity contribution < 1.29 is 14.2 Å². The van der Waals surface area contributed by atoms with Crippen LogP contribution in [0.25, 0.3) is 0 Å². The van der Waals surface area contributed by atoms with Gasteiger partial charge in [0, 0.05) is 17.2 Å². The zero-order valence-corrected chi connectivity index (χ0v) is 8.88. The molecule has 1 aliphatic rings. The molecule has 1 aromatic carbocycles. The smallest absolute Gasteiger partial charge is 0.123 e. The number of benzene rings is 1. The minimum atomic E-state index is -0.837. The third-order valence-corrected chi connectivity index (χ3v) is 2.94. The van der Waals surface area contributed by atoms with Crippen molar-refractivity contribution >= 4 is 11.6 Å². The topological polar surface area (TPSA) is 29.5 Å². The van der Waals surface area contributed by atoms with Crippen molar-refractivity contribution in [3.8, 4) is 0 Å². The molecule has 1 fully saturated rings. The van der Waals surface area contributed by atoms with Crippen molar-refractivity contribution in [3.05, 3.63) is 34.6 Å². The highest BCUT2D eigenvalue weighted by Gasteiger charge is 2.27. The molecule has 2 atom stereocenters. The summed E-state index contributed by atoms with van der Waals surface area (Å²) in [5.41, 5.74) is 0.406. The highest BCUT2D eigenvalue weighted by atomic mass is 35.5. The van der Waals surface area contributed by atoms with Gasteiger partial charge >= 0.3 is 0 Å². The van der Waals surface area contributed by atoms with Gasteiger partial charge in [-0.05, 0) is 31.0 Å². The number of ether oxygens (including phenoxy) is 1. The van der Waals surface area contributed by atoms with Crippen molar-refractivity contribution in [3.63, 3.8) is 0 Å². The third-order valence-electron chi connectivity index (χ3n) is 2.59. The first kappa shape index (κ1) is 10.9. The molecule has 15 heavy (non-hydrogen) atoms. The van der Waals surface area contributed by atoms with Crippen molar-refractivity contribution in [1.29, 1.82) is 0 Å². The monoisotopic (exact) mass is 230 g/mol. The minimum absolute atomic E-state index is 0.260. The van der Waals surface area contributed by atoms with E-state index in [4.69, 9.17) is 16.3 Å². The van der Waals surface area contributed by atoms with Crippen LogP contribution in [-0.2, 0) is 4.74 Å². The van der Waals surface area contributed by atoms with E-state index in [0.717, 1.165) is 12.8 Å². The standard InChI is InChI=1S/C11H12ClFO2/c12-9-4-3-7(13)6-8(9)11(14)10-2-1-5-15-10/h3-4,6,10-11,14H,1-2,5H2. The third kappa shape index (κ3) is 2.30. The maximum absolute atomic E-state index is 13.0. The first-order valence-electron chi connectivity index (χ1n) is 4.93. The molecular weight excluding hydrogens is 219 g/mol. The van der Waals surface area contributed by atoms with E-state index in [1.165, 1.54) is 18.2 Å². The fourth-order valence-electron chi connectivity index (χ4n) is 1.79. The lowest BCUT2D eigenvalue weighted by Gasteiger charge is -2.18. The van der Waals surface area contributed by atoms with E-state index in [-0.39, 0.29) is 6.10 Å². The van der Waals surface area contributed by atoms with E-state index >= 15 is 0 Å². The number of aliphatic hydroxyl groups excluding tert-OH is 1. The molecule has 0 bridgehead atoms. The number of hydrogen-bond donors (Lipinski definition) is 1. The number of aliphatic hydroxyl groups is 1. The Labute approximate surface area is 92.6 Å². The number of rotatable bonds is 2. The van der Waals surface area contributed by atoms with Crippen LogP contribution >= 0.6 is 11.6 Å². The fraction of sp³-hybridized carbons (Fsp3) is 0.455. The fourth-order valence-corrected chi connectivity index (χ4v) is 2.02. The average Bonchev–Trinajstić information content (AvgIpc) is 2.74. The van der Waals surface area contributed by atoms with E-state index in [0.29, 0.717) is 17.2 Å². The van der Waals surface area contributed by atoms with E-state index < -0.39 is 11.9 Å². The molecule has 1 N–H and O–H groups in total. The second-order valence-electron chi connectivity index (χ2n) is 3.66. The second-order valence-corrected chi connectivity index (χ2v) is 4.07. The largest absolute Gasteiger partial charge is 0.386 e. The lowest BCUT2D eigenvalue weighted by molar-refractivity contribution is -0.00266. The SMILES string of the molecule is OC(c1cc(F)ccc1Cl)C1CCCO1. The quantitative estimate of drug-likeness (QED) is 0.847. The van der Waals surface area contributed by atoms with E-state index in [9.17, 15) is 9.50 Å². The van der Waals surface area contributed by atoms with Crippen molar-refractivity contribution in [2.75, 3.05) is 6.61 Å². The van der Waals surface area contributed by atoms with Gasteiger partial charge in [-0.2, -0.15) is 0 Å². The normalized spacial score (nSPS) is 23.0. The molecule has 1 aliphatic heterocycles. The lowest BCUT2D eigenvalue weighted by Crippen LogP contribution is -2.17. The Balaban J connectivity index is 2.23. The molecule has 1 aromatic rings. The zero-order valence-electron chi connectivity index (χ0n) is 8.12. The van der Waals surface area contributed by atoms with E-state index in [1.807, 2.05) is 0 Å². The van der Waals surface area contributed by atoms with Crippen LogP contribution in [0.2, 0.25) is 5.02 Å². The van der Waals surface area contributed by atoms with Crippen molar-refractivity contribution in [2.24, 2.45) is 0 Å². The highest BCUT2D eigenvalue weighted by Crippen LogP contribution is 2.31. The minimum Gasteiger partial charge on any atom is -0.386 e. The Morgan fingerprint density at radius 3 is 3.00 bits per heavy atom. The first-order valence-corrected chi connectivity index (χ1v) is 5.31. The van der Waals surface area contributed by atoms with Crippen LogP contribution in [0.4, 0.5) is 4.39 Å². The van der Waals surface area contributed by atoms with Crippen molar-refractivity contribution in [1.82, 2.24) is 0 Å². The lowest BCUT2D eigenvalue weighted by atomic mass is 10.0. The van der Waals surface area contributed by atoms with Crippen LogP contribution in [0.1, 0.15) is 24.5 Å². The summed E-state index contributed by atoms with van der Waals surface area (Å²) in [6, 6.07) is 3.98. The molecule has 0 aromatic heterocycles. The van der Waals surface area contributed by atoms with Gasteiger partial charge < -0.3 is 9.84 Å². The van der Waals surface area contributed by atoms with Gasteiger partial charge in [0.05, 0.1) is 6.10 Å². The van der Waals surface area contributed by atoms with Gasteiger partial charge in [0.1, 0.15) is 11.9 Å². The maximum Gasteiger partial charge on any atom is 0.123 e. The van der Waals surface area contributed by atoms with Gasteiger partial charge in [0.25, 0.3) is 0 Å². The van der Waals surface area contributed by atoms with Crippen molar-refractivity contribution in [2.45, 2.75) is 25.0 Å². The number of halogens is 2. The molecule has 0 amide bonds. The molecule has 0 saturated carbocycles. The molecule has 0 aliphatic carbocycles. The molecule has 2 unspecified atom stereocenters. The molecule has 4 heteroatoms. The molecule has 82 valence electrons. The van der Waals surface area contributed by atoms with Gasteiger partial charge in [-0.3, -0.25) is 0 Å². The maximum atomic E-state index is 13.0. The Hall–Kier alpha value is -0.640. The van der Waals surface area contributed by atoms with Gasteiger partial charge in [-0.1, -0.05) is 11.6 Å². The average molecular weight is 231 g/mol. The second kappa shape index (κ2) is 4.47. The predicted octanol–water partition coefficient (Wildman–Crippen LogP) is 2.69. The molecule has 1 heterocycles.